The number of nitro groups is 1. The molecule has 1 unspecified atom stereocenters. The van der Waals surface area contributed by atoms with E-state index in [2.05, 4.69) is 5.16 Å². The summed E-state index contributed by atoms with van der Waals surface area (Å²) < 4.78 is 0. The minimum absolute atomic E-state index is 0. The Morgan fingerprint density at radius 3 is 2.44 bits per heavy atom. The van der Waals surface area contributed by atoms with Crippen molar-refractivity contribution in [3.05, 3.63) is 21.8 Å². The molecule has 1 amide bonds. The van der Waals surface area contributed by atoms with Gasteiger partial charge in [0.2, 0.25) is 6.04 Å². The zero-order valence-electron chi connectivity index (χ0n) is 8.51. The largest absolute Gasteiger partial charge is 0.410 e. The van der Waals surface area contributed by atoms with Crippen molar-refractivity contribution >= 4 is 11.6 Å². The first-order valence-electron chi connectivity index (χ1n) is 4.29. The Balaban J connectivity index is 0. The predicted octanol–water partition coefficient (Wildman–Crippen LogP) is 0.940. The number of nitrogens with two attached hydrogens (primary N) is 1. The van der Waals surface area contributed by atoms with E-state index in [1.165, 1.54) is 6.92 Å². The number of hydrogen-bond acceptors (Lipinski definition) is 5. The highest BCUT2D eigenvalue weighted by Gasteiger charge is 2.19. The molecule has 0 aromatic carbocycles. The maximum atomic E-state index is 10.7. The van der Waals surface area contributed by atoms with Crippen LogP contribution in [0.5, 0.6) is 0 Å². The topological polar surface area (TPSA) is 119 Å². The van der Waals surface area contributed by atoms with Gasteiger partial charge in [-0.25, -0.2) is 0 Å². The Morgan fingerprint density at radius 2 is 2.19 bits per heavy atom. The maximum Gasteiger partial charge on any atom is 0.270 e. The van der Waals surface area contributed by atoms with E-state index in [-0.39, 0.29) is 13.1 Å². The molecule has 0 saturated heterocycles. The molecule has 0 aromatic rings. The second-order valence-corrected chi connectivity index (χ2v) is 2.88. The molecule has 0 fully saturated rings. The Bertz CT molecular complexity index is 323. The SMILES string of the molecule is C.CC/C(=C\C(=N/O)C(N)=O)C(C)[N+](=O)[O-]. The first kappa shape index (κ1) is 16.5. The van der Waals surface area contributed by atoms with Gasteiger partial charge in [0, 0.05) is 17.4 Å². The summed E-state index contributed by atoms with van der Waals surface area (Å²) in [5.41, 5.74) is 4.86. The Hall–Kier alpha value is -1.92. The molecule has 0 bridgehead atoms. The fourth-order valence-electron chi connectivity index (χ4n) is 0.978. The van der Waals surface area contributed by atoms with Crippen molar-refractivity contribution in [2.75, 3.05) is 0 Å². The predicted molar refractivity (Wildman–Crippen MR) is 60.0 cm³/mol. The minimum Gasteiger partial charge on any atom is -0.410 e. The first-order chi connectivity index (χ1) is 6.93. The van der Waals surface area contributed by atoms with E-state index in [1.807, 2.05) is 0 Å². The van der Waals surface area contributed by atoms with Gasteiger partial charge >= 0.3 is 0 Å². The molecule has 0 aliphatic rings. The smallest absolute Gasteiger partial charge is 0.270 e. The van der Waals surface area contributed by atoms with Gasteiger partial charge in [0.15, 0.2) is 5.71 Å². The number of carbonyl (C=O) groups excluding carboxylic acids is 1. The summed E-state index contributed by atoms with van der Waals surface area (Å²) in [6, 6.07) is -0.939. The maximum absolute atomic E-state index is 10.7. The highest BCUT2D eigenvalue weighted by Crippen LogP contribution is 2.10. The van der Waals surface area contributed by atoms with Crippen LogP contribution in [0.25, 0.3) is 0 Å². The standard InChI is InChI=1S/C8H13N3O4.CH4/c1-3-6(5(2)11(14)15)4-7(10-13)8(9)12;/h4-5,13H,3H2,1-2H3,(H2,9,12);1H4/b6-4+,10-7+;. The third-order valence-electron chi connectivity index (χ3n) is 1.94. The van der Waals surface area contributed by atoms with Crippen LogP contribution in [0.4, 0.5) is 0 Å². The second kappa shape index (κ2) is 7.38. The highest BCUT2D eigenvalue weighted by molar-refractivity contribution is 6.42. The number of carbonyl (C=O) groups is 1. The van der Waals surface area contributed by atoms with Crippen LogP contribution in [-0.4, -0.2) is 27.8 Å². The molecular formula is C9H17N3O4. The molecule has 0 saturated carbocycles. The zero-order chi connectivity index (χ0) is 12.0. The fourth-order valence-corrected chi connectivity index (χ4v) is 0.978. The van der Waals surface area contributed by atoms with E-state index in [0.29, 0.717) is 12.0 Å². The molecule has 3 N–H and O–H groups in total. The molecule has 0 rings (SSSR count). The third-order valence-corrected chi connectivity index (χ3v) is 1.94. The van der Waals surface area contributed by atoms with Crippen LogP contribution in [0.15, 0.2) is 16.8 Å². The Labute approximate surface area is 93.8 Å². The van der Waals surface area contributed by atoms with Gasteiger partial charge in [-0.15, -0.1) is 0 Å². The summed E-state index contributed by atoms with van der Waals surface area (Å²) >= 11 is 0. The molecule has 0 heterocycles. The third kappa shape index (κ3) is 4.54. The molecular weight excluding hydrogens is 214 g/mol. The molecule has 0 aliphatic heterocycles. The van der Waals surface area contributed by atoms with Crippen LogP contribution in [0, 0.1) is 10.1 Å². The first-order valence-corrected chi connectivity index (χ1v) is 4.29. The number of nitrogens with zero attached hydrogens (tertiary/aromatic N) is 2. The summed E-state index contributed by atoms with van der Waals surface area (Å²) in [6.45, 7) is 3.08. The van der Waals surface area contributed by atoms with Crippen molar-refractivity contribution in [1.29, 1.82) is 0 Å². The molecule has 0 spiro atoms. The summed E-state index contributed by atoms with van der Waals surface area (Å²) in [6.07, 6.45) is 1.50. The van der Waals surface area contributed by atoms with Gasteiger partial charge in [-0.1, -0.05) is 19.5 Å². The Kier molecular flexibility index (Phi) is 7.62. The lowest BCUT2D eigenvalue weighted by Gasteiger charge is -2.06. The second-order valence-electron chi connectivity index (χ2n) is 2.88. The molecule has 0 radical (unpaired) electrons. The fraction of sp³-hybridized carbons (Fsp3) is 0.556. The number of rotatable bonds is 5. The van der Waals surface area contributed by atoms with Gasteiger partial charge < -0.3 is 10.9 Å². The van der Waals surface area contributed by atoms with Gasteiger partial charge in [0.25, 0.3) is 5.91 Å². The lowest BCUT2D eigenvalue weighted by Crippen LogP contribution is -2.24. The average molecular weight is 231 g/mol. The van der Waals surface area contributed by atoms with Crippen molar-refractivity contribution in [3.63, 3.8) is 0 Å². The van der Waals surface area contributed by atoms with E-state index in [0.717, 1.165) is 6.08 Å². The highest BCUT2D eigenvalue weighted by atomic mass is 16.6. The van der Waals surface area contributed by atoms with Crippen LogP contribution in [0.3, 0.4) is 0 Å². The summed E-state index contributed by atoms with van der Waals surface area (Å²) in [4.78, 5) is 20.7. The summed E-state index contributed by atoms with van der Waals surface area (Å²) in [5.74, 6) is -0.931. The van der Waals surface area contributed by atoms with Gasteiger partial charge in [-0.05, 0) is 12.5 Å². The van der Waals surface area contributed by atoms with E-state index in [9.17, 15) is 14.9 Å². The monoisotopic (exact) mass is 231 g/mol. The molecule has 0 aliphatic carbocycles. The number of amides is 1. The summed E-state index contributed by atoms with van der Waals surface area (Å²) in [5, 5.41) is 21.6. The average Bonchev–Trinajstić information content (AvgIpc) is 2.18. The zero-order valence-corrected chi connectivity index (χ0v) is 8.51. The molecule has 92 valence electrons. The van der Waals surface area contributed by atoms with E-state index >= 15 is 0 Å². The summed E-state index contributed by atoms with van der Waals surface area (Å²) in [7, 11) is 0. The molecule has 7 heteroatoms. The van der Waals surface area contributed by atoms with E-state index in [4.69, 9.17) is 10.9 Å². The van der Waals surface area contributed by atoms with Crippen LogP contribution >= 0.6 is 0 Å². The Morgan fingerprint density at radius 1 is 1.69 bits per heavy atom. The normalized spacial score (nSPS) is 13.9. The molecule has 16 heavy (non-hydrogen) atoms. The van der Waals surface area contributed by atoms with Crippen molar-refractivity contribution < 1.29 is 14.9 Å². The lowest BCUT2D eigenvalue weighted by atomic mass is 10.0. The quantitative estimate of drug-likeness (QED) is 0.316. The molecule has 0 aromatic heterocycles. The van der Waals surface area contributed by atoms with E-state index in [1.54, 1.807) is 6.92 Å². The van der Waals surface area contributed by atoms with Crippen LogP contribution in [-0.2, 0) is 4.79 Å². The van der Waals surface area contributed by atoms with Crippen molar-refractivity contribution in [2.45, 2.75) is 33.7 Å². The molecule has 7 nitrogen and oxygen atoms in total. The number of primary amides is 1. The molecule has 1 atom stereocenters. The van der Waals surface area contributed by atoms with Crippen LogP contribution in [0.2, 0.25) is 0 Å². The minimum atomic E-state index is -0.939. The number of hydrogen-bond donors (Lipinski definition) is 2. The van der Waals surface area contributed by atoms with Crippen LogP contribution in [0.1, 0.15) is 27.7 Å². The lowest BCUT2D eigenvalue weighted by molar-refractivity contribution is -0.507. The van der Waals surface area contributed by atoms with Gasteiger partial charge in [-0.3, -0.25) is 14.9 Å². The van der Waals surface area contributed by atoms with Crippen LogP contribution < -0.4 is 5.73 Å². The van der Waals surface area contributed by atoms with Gasteiger partial charge in [0.05, 0.1) is 0 Å². The van der Waals surface area contributed by atoms with Gasteiger partial charge in [0.1, 0.15) is 0 Å². The number of oxime groups is 1. The van der Waals surface area contributed by atoms with Crippen molar-refractivity contribution in [2.24, 2.45) is 10.9 Å². The van der Waals surface area contributed by atoms with E-state index < -0.39 is 16.9 Å². The van der Waals surface area contributed by atoms with Crippen molar-refractivity contribution in [3.8, 4) is 0 Å². The van der Waals surface area contributed by atoms with Gasteiger partial charge in [-0.2, -0.15) is 0 Å². The van der Waals surface area contributed by atoms with Crippen molar-refractivity contribution in [1.82, 2.24) is 0 Å².